The molecule has 16 heavy (non-hydrogen) atoms. The summed E-state index contributed by atoms with van der Waals surface area (Å²) in [6.07, 6.45) is 2.87. The predicted molar refractivity (Wildman–Crippen MR) is 73.2 cm³/mol. The van der Waals surface area contributed by atoms with Gasteiger partial charge in [0.2, 0.25) is 0 Å². The highest BCUT2D eigenvalue weighted by Gasteiger charge is 2.23. The Balaban J connectivity index is 2.19. The lowest BCUT2D eigenvalue weighted by atomic mass is 10.1. The van der Waals surface area contributed by atoms with E-state index < -0.39 is 0 Å². The van der Waals surface area contributed by atoms with E-state index in [4.69, 9.17) is 4.74 Å². The standard InChI is InChI=1S/C13H27NOS/c1-10(9-16-13(3,4)5)14-11(2)12-7-6-8-15-12/h10-12,14H,6-9H2,1-5H3. The molecule has 1 aliphatic rings. The fraction of sp³-hybridized carbons (Fsp3) is 1.00. The van der Waals surface area contributed by atoms with Crippen LogP contribution in [0.2, 0.25) is 0 Å². The Morgan fingerprint density at radius 2 is 2.06 bits per heavy atom. The van der Waals surface area contributed by atoms with Gasteiger partial charge >= 0.3 is 0 Å². The Hall–Kier alpha value is 0.270. The molecule has 0 aromatic rings. The summed E-state index contributed by atoms with van der Waals surface area (Å²) in [6, 6.07) is 1.04. The highest BCUT2D eigenvalue weighted by Crippen LogP contribution is 2.24. The molecule has 3 atom stereocenters. The summed E-state index contributed by atoms with van der Waals surface area (Å²) in [5.41, 5.74) is 0. The lowest BCUT2D eigenvalue weighted by Gasteiger charge is -2.26. The normalized spacial score (nSPS) is 25.7. The fourth-order valence-electron chi connectivity index (χ4n) is 1.98. The van der Waals surface area contributed by atoms with Crippen LogP contribution < -0.4 is 5.32 Å². The van der Waals surface area contributed by atoms with Gasteiger partial charge in [0.1, 0.15) is 0 Å². The number of hydrogen-bond acceptors (Lipinski definition) is 3. The van der Waals surface area contributed by atoms with Crippen molar-refractivity contribution in [1.82, 2.24) is 5.32 Å². The maximum Gasteiger partial charge on any atom is 0.0726 e. The molecule has 0 aromatic heterocycles. The van der Waals surface area contributed by atoms with Crippen LogP contribution in [0.15, 0.2) is 0 Å². The summed E-state index contributed by atoms with van der Waals surface area (Å²) in [6.45, 7) is 12.3. The molecule has 1 saturated heterocycles. The van der Waals surface area contributed by atoms with Crippen molar-refractivity contribution in [1.29, 1.82) is 0 Å². The van der Waals surface area contributed by atoms with Crippen molar-refractivity contribution < 1.29 is 4.74 Å². The molecular formula is C13H27NOS. The van der Waals surface area contributed by atoms with E-state index in [1.165, 1.54) is 18.6 Å². The van der Waals surface area contributed by atoms with Crippen molar-refractivity contribution in [3.05, 3.63) is 0 Å². The van der Waals surface area contributed by atoms with E-state index in [2.05, 4.69) is 39.9 Å². The predicted octanol–water partition coefficient (Wildman–Crippen LogP) is 3.06. The van der Waals surface area contributed by atoms with E-state index in [-0.39, 0.29) is 0 Å². The zero-order valence-corrected chi connectivity index (χ0v) is 12.2. The molecule has 3 heteroatoms. The van der Waals surface area contributed by atoms with E-state index in [0.717, 1.165) is 6.61 Å². The van der Waals surface area contributed by atoms with Crippen molar-refractivity contribution >= 4 is 11.8 Å². The summed E-state index contributed by atoms with van der Waals surface area (Å²) in [5, 5.41) is 3.65. The van der Waals surface area contributed by atoms with Crippen LogP contribution >= 0.6 is 11.8 Å². The average molecular weight is 245 g/mol. The molecule has 1 N–H and O–H groups in total. The van der Waals surface area contributed by atoms with Crippen LogP contribution in [0.3, 0.4) is 0 Å². The summed E-state index contributed by atoms with van der Waals surface area (Å²) in [4.78, 5) is 0. The van der Waals surface area contributed by atoms with Gasteiger partial charge < -0.3 is 10.1 Å². The third kappa shape index (κ3) is 5.55. The molecule has 0 amide bonds. The molecule has 1 aliphatic heterocycles. The second-order valence-electron chi connectivity index (χ2n) is 5.83. The first-order chi connectivity index (χ1) is 7.38. The molecule has 1 rings (SSSR count). The molecule has 3 unspecified atom stereocenters. The molecule has 0 radical (unpaired) electrons. The smallest absolute Gasteiger partial charge is 0.0726 e. The molecule has 96 valence electrons. The van der Waals surface area contributed by atoms with Gasteiger partial charge in [-0.25, -0.2) is 0 Å². The van der Waals surface area contributed by atoms with Gasteiger partial charge in [-0.3, -0.25) is 0 Å². The Morgan fingerprint density at radius 3 is 2.56 bits per heavy atom. The van der Waals surface area contributed by atoms with Crippen molar-refractivity contribution in [2.24, 2.45) is 0 Å². The second-order valence-corrected chi connectivity index (χ2v) is 7.68. The largest absolute Gasteiger partial charge is 0.377 e. The SMILES string of the molecule is CC(CSC(C)(C)C)NC(C)C1CCCO1. The zero-order chi connectivity index (χ0) is 12.2. The zero-order valence-electron chi connectivity index (χ0n) is 11.4. The van der Waals surface area contributed by atoms with Gasteiger partial charge in [0, 0.05) is 29.2 Å². The van der Waals surface area contributed by atoms with E-state index >= 15 is 0 Å². The van der Waals surface area contributed by atoms with Crippen molar-refractivity contribution in [2.75, 3.05) is 12.4 Å². The van der Waals surface area contributed by atoms with Gasteiger partial charge in [-0.2, -0.15) is 11.8 Å². The Bertz CT molecular complexity index is 197. The van der Waals surface area contributed by atoms with Gasteiger partial charge in [0.05, 0.1) is 6.10 Å². The van der Waals surface area contributed by atoms with Crippen LogP contribution in [-0.2, 0) is 4.74 Å². The number of thioether (sulfide) groups is 1. The van der Waals surface area contributed by atoms with Crippen molar-refractivity contribution in [3.8, 4) is 0 Å². The molecule has 1 heterocycles. The maximum atomic E-state index is 5.69. The van der Waals surface area contributed by atoms with Crippen LogP contribution in [-0.4, -0.2) is 35.3 Å². The Labute approximate surface area is 105 Å². The summed E-state index contributed by atoms with van der Waals surface area (Å²) in [5.74, 6) is 1.17. The highest BCUT2D eigenvalue weighted by atomic mass is 32.2. The third-order valence-electron chi connectivity index (χ3n) is 2.84. The summed E-state index contributed by atoms with van der Waals surface area (Å²) >= 11 is 2.02. The van der Waals surface area contributed by atoms with Gasteiger partial charge in [-0.05, 0) is 26.7 Å². The van der Waals surface area contributed by atoms with Gasteiger partial charge in [-0.1, -0.05) is 20.8 Å². The highest BCUT2D eigenvalue weighted by molar-refractivity contribution is 8.00. The minimum Gasteiger partial charge on any atom is -0.377 e. The molecule has 2 nitrogen and oxygen atoms in total. The lowest BCUT2D eigenvalue weighted by molar-refractivity contribution is 0.0813. The van der Waals surface area contributed by atoms with E-state index in [1.54, 1.807) is 0 Å². The molecule has 0 aromatic carbocycles. The number of hydrogen-bond donors (Lipinski definition) is 1. The minimum absolute atomic E-state index is 0.364. The molecule has 0 bridgehead atoms. The minimum atomic E-state index is 0.364. The first-order valence-electron chi connectivity index (χ1n) is 6.40. The summed E-state index contributed by atoms with van der Waals surface area (Å²) < 4.78 is 6.06. The number of rotatable bonds is 5. The molecule has 0 saturated carbocycles. The van der Waals surface area contributed by atoms with Crippen LogP contribution in [0.25, 0.3) is 0 Å². The van der Waals surface area contributed by atoms with Crippen molar-refractivity contribution in [2.45, 2.75) is 70.4 Å². The van der Waals surface area contributed by atoms with Crippen LogP contribution in [0.5, 0.6) is 0 Å². The van der Waals surface area contributed by atoms with Gasteiger partial charge in [0.15, 0.2) is 0 Å². The molecule has 0 spiro atoms. The lowest BCUT2D eigenvalue weighted by Crippen LogP contribution is -2.43. The Morgan fingerprint density at radius 1 is 1.38 bits per heavy atom. The van der Waals surface area contributed by atoms with E-state index in [1.807, 2.05) is 11.8 Å². The number of ether oxygens (including phenoxy) is 1. The monoisotopic (exact) mass is 245 g/mol. The quantitative estimate of drug-likeness (QED) is 0.804. The third-order valence-corrected chi connectivity index (χ3v) is 4.37. The van der Waals surface area contributed by atoms with E-state index in [0.29, 0.717) is 22.9 Å². The van der Waals surface area contributed by atoms with Gasteiger partial charge in [-0.15, -0.1) is 0 Å². The summed E-state index contributed by atoms with van der Waals surface area (Å²) in [7, 11) is 0. The van der Waals surface area contributed by atoms with Crippen LogP contribution in [0.4, 0.5) is 0 Å². The molecular weight excluding hydrogens is 218 g/mol. The topological polar surface area (TPSA) is 21.3 Å². The van der Waals surface area contributed by atoms with Crippen LogP contribution in [0, 0.1) is 0 Å². The number of nitrogens with one attached hydrogen (secondary N) is 1. The molecule has 1 fully saturated rings. The first-order valence-corrected chi connectivity index (χ1v) is 7.38. The van der Waals surface area contributed by atoms with Crippen molar-refractivity contribution in [3.63, 3.8) is 0 Å². The van der Waals surface area contributed by atoms with Crippen LogP contribution in [0.1, 0.15) is 47.5 Å². The Kier molecular flexibility index (Phi) is 5.62. The van der Waals surface area contributed by atoms with Gasteiger partial charge in [0.25, 0.3) is 0 Å². The second kappa shape index (κ2) is 6.27. The molecule has 0 aliphatic carbocycles. The average Bonchev–Trinajstić information content (AvgIpc) is 2.66. The first kappa shape index (κ1) is 14.3. The maximum absolute atomic E-state index is 5.69. The fourth-order valence-corrected chi connectivity index (χ4v) is 2.82. The van der Waals surface area contributed by atoms with E-state index in [9.17, 15) is 0 Å².